The minimum atomic E-state index is -0.600. The summed E-state index contributed by atoms with van der Waals surface area (Å²) in [6.45, 7) is 0. The lowest BCUT2D eigenvalue weighted by Gasteiger charge is -2.39. The molecule has 158 valence electrons. The molecule has 1 aliphatic heterocycles. The average Bonchev–Trinajstić information content (AvgIpc) is 2.81. The number of amides is 2. The molecule has 31 heavy (non-hydrogen) atoms. The van der Waals surface area contributed by atoms with E-state index in [1.54, 1.807) is 44.4 Å². The van der Waals surface area contributed by atoms with Crippen LogP contribution >= 0.6 is 0 Å². The molecule has 6 nitrogen and oxygen atoms in total. The largest absolute Gasteiger partial charge is 0.497 e. The van der Waals surface area contributed by atoms with Crippen LogP contribution in [0.15, 0.2) is 72.8 Å². The summed E-state index contributed by atoms with van der Waals surface area (Å²) in [4.78, 5) is 28.4. The summed E-state index contributed by atoms with van der Waals surface area (Å²) in [6.07, 6.45) is 0. The number of carbonyl (C=O) groups excluding carboxylic acids is 2. The highest BCUT2D eigenvalue weighted by Crippen LogP contribution is 2.43. The number of para-hydroxylation sites is 2. The quantitative estimate of drug-likeness (QED) is 0.675. The van der Waals surface area contributed by atoms with E-state index in [0.717, 1.165) is 5.56 Å². The lowest BCUT2D eigenvalue weighted by atomic mass is 9.79. The second kappa shape index (κ2) is 8.52. The molecular formula is C25H24N2O4. The minimum Gasteiger partial charge on any atom is -0.497 e. The second-order valence-corrected chi connectivity index (χ2v) is 7.39. The van der Waals surface area contributed by atoms with Crippen molar-refractivity contribution in [1.82, 2.24) is 4.90 Å². The number of fused-ring (bicyclic) bond motifs is 1. The lowest BCUT2D eigenvalue weighted by Crippen LogP contribution is -2.44. The summed E-state index contributed by atoms with van der Waals surface area (Å²) in [5, 5.41) is 3.00. The van der Waals surface area contributed by atoms with Gasteiger partial charge in [-0.05, 0) is 41.5 Å². The zero-order chi connectivity index (χ0) is 22.0. The lowest BCUT2D eigenvalue weighted by molar-refractivity contribution is -0.119. The van der Waals surface area contributed by atoms with E-state index < -0.39 is 12.0 Å². The van der Waals surface area contributed by atoms with E-state index >= 15 is 0 Å². The molecule has 4 rings (SSSR count). The molecule has 0 saturated heterocycles. The maximum Gasteiger partial charge on any atom is 0.254 e. The van der Waals surface area contributed by atoms with Crippen LogP contribution in [0.25, 0.3) is 0 Å². The van der Waals surface area contributed by atoms with Gasteiger partial charge in [-0.15, -0.1) is 0 Å². The number of nitrogens with zero attached hydrogens (tertiary/aromatic N) is 1. The van der Waals surface area contributed by atoms with E-state index in [4.69, 9.17) is 9.47 Å². The van der Waals surface area contributed by atoms with Gasteiger partial charge >= 0.3 is 0 Å². The average molecular weight is 416 g/mol. The predicted octanol–water partition coefficient (Wildman–Crippen LogP) is 4.25. The number of methoxy groups -OCH3 is 2. The van der Waals surface area contributed by atoms with Gasteiger partial charge in [0.05, 0.1) is 31.9 Å². The van der Waals surface area contributed by atoms with Crippen LogP contribution in [0.1, 0.15) is 33.4 Å². The summed E-state index contributed by atoms with van der Waals surface area (Å²) in [6, 6.07) is 21.5. The van der Waals surface area contributed by atoms with E-state index in [1.807, 2.05) is 54.6 Å². The Bertz CT molecular complexity index is 1110. The molecule has 0 aliphatic carbocycles. The molecule has 0 spiro atoms. The fourth-order valence-electron chi connectivity index (χ4n) is 4.13. The van der Waals surface area contributed by atoms with Crippen molar-refractivity contribution in [3.05, 3.63) is 89.5 Å². The van der Waals surface area contributed by atoms with Crippen molar-refractivity contribution in [2.24, 2.45) is 0 Å². The van der Waals surface area contributed by atoms with Gasteiger partial charge in [-0.3, -0.25) is 9.59 Å². The normalized spacial score (nSPS) is 17.6. The smallest absolute Gasteiger partial charge is 0.254 e. The third kappa shape index (κ3) is 3.72. The van der Waals surface area contributed by atoms with Crippen molar-refractivity contribution < 1.29 is 19.1 Å². The Hall–Kier alpha value is -3.80. The monoisotopic (exact) mass is 416 g/mol. The Balaban J connectivity index is 1.80. The first-order valence-electron chi connectivity index (χ1n) is 9.99. The second-order valence-electron chi connectivity index (χ2n) is 7.39. The summed E-state index contributed by atoms with van der Waals surface area (Å²) in [7, 11) is 4.90. The number of likely N-dealkylation sites (N-methyl/N-ethyl adjacent to an activating group) is 1. The molecule has 0 bridgehead atoms. The fourth-order valence-corrected chi connectivity index (χ4v) is 4.13. The first kappa shape index (κ1) is 20.5. The van der Waals surface area contributed by atoms with Crippen LogP contribution < -0.4 is 14.8 Å². The molecule has 2 amide bonds. The molecule has 0 fully saturated rings. The molecule has 1 heterocycles. The van der Waals surface area contributed by atoms with E-state index in [1.165, 1.54) is 0 Å². The van der Waals surface area contributed by atoms with Gasteiger partial charge in [0.1, 0.15) is 11.5 Å². The van der Waals surface area contributed by atoms with Gasteiger partial charge in [0.15, 0.2) is 0 Å². The number of hydrogen-bond acceptors (Lipinski definition) is 4. The third-order valence-corrected chi connectivity index (χ3v) is 5.68. The molecule has 0 radical (unpaired) electrons. The highest BCUT2D eigenvalue weighted by atomic mass is 16.5. The van der Waals surface area contributed by atoms with Crippen molar-refractivity contribution in [2.45, 2.75) is 12.0 Å². The van der Waals surface area contributed by atoms with E-state index in [-0.39, 0.29) is 11.8 Å². The van der Waals surface area contributed by atoms with Crippen LogP contribution in [0.3, 0.4) is 0 Å². The topological polar surface area (TPSA) is 67.9 Å². The fraction of sp³-hybridized carbons (Fsp3) is 0.200. The first-order chi connectivity index (χ1) is 15.0. The SMILES string of the molecule is COc1ccc([C@@H]2[C@H](C(=O)Nc3ccccc3OC)c3ccccc3C(=O)N2C)cc1. The Morgan fingerprint density at radius 1 is 0.903 bits per heavy atom. The highest BCUT2D eigenvalue weighted by molar-refractivity contribution is 6.04. The summed E-state index contributed by atoms with van der Waals surface area (Å²) in [5.41, 5.74) is 2.68. The molecular weight excluding hydrogens is 392 g/mol. The van der Waals surface area contributed by atoms with Crippen molar-refractivity contribution >= 4 is 17.5 Å². The minimum absolute atomic E-state index is 0.113. The maximum absolute atomic E-state index is 13.6. The molecule has 3 aromatic rings. The zero-order valence-corrected chi connectivity index (χ0v) is 17.7. The summed E-state index contributed by atoms with van der Waals surface area (Å²) in [5.74, 6) is 0.362. The van der Waals surface area contributed by atoms with Gasteiger partial charge in [0, 0.05) is 12.6 Å². The summed E-state index contributed by atoms with van der Waals surface area (Å²) < 4.78 is 10.7. The van der Waals surface area contributed by atoms with E-state index in [9.17, 15) is 9.59 Å². The number of hydrogen-bond donors (Lipinski definition) is 1. The van der Waals surface area contributed by atoms with Crippen LogP contribution in [0.2, 0.25) is 0 Å². The molecule has 1 aliphatic rings. The van der Waals surface area contributed by atoms with Gasteiger partial charge < -0.3 is 19.7 Å². The predicted molar refractivity (Wildman–Crippen MR) is 119 cm³/mol. The van der Waals surface area contributed by atoms with Crippen molar-refractivity contribution in [3.8, 4) is 11.5 Å². The number of rotatable bonds is 5. The van der Waals surface area contributed by atoms with Crippen LogP contribution in [-0.4, -0.2) is 38.0 Å². The van der Waals surface area contributed by atoms with Crippen LogP contribution in [0.4, 0.5) is 5.69 Å². The van der Waals surface area contributed by atoms with Gasteiger partial charge in [0.25, 0.3) is 5.91 Å². The molecule has 3 aromatic carbocycles. The highest BCUT2D eigenvalue weighted by Gasteiger charge is 2.42. The number of carbonyl (C=O) groups is 2. The number of anilines is 1. The Morgan fingerprint density at radius 2 is 1.58 bits per heavy atom. The molecule has 0 saturated carbocycles. The standard InChI is InChI=1S/C25H24N2O4/c1-27-23(16-12-14-17(30-2)15-13-16)22(18-8-4-5-9-19(18)25(27)29)24(28)26-20-10-6-7-11-21(20)31-3/h4-15,22-23H,1-3H3,(H,26,28)/t22-,23-/m1/s1. The van der Waals surface area contributed by atoms with Crippen LogP contribution in [0.5, 0.6) is 11.5 Å². The Labute approximate surface area is 181 Å². The number of nitrogens with one attached hydrogen (secondary N) is 1. The summed E-state index contributed by atoms with van der Waals surface area (Å²) >= 11 is 0. The van der Waals surface area contributed by atoms with Crippen molar-refractivity contribution in [2.75, 3.05) is 26.6 Å². The van der Waals surface area contributed by atoms with Crippen molar-refractivity contribution in [3.63, 3.8) is 0 Å². The number of benzene rings is 3. The Kier molecular flexibility index (Phi) is 5.62. The molecule has 2 atom stereocenters. The van der Waals surface area contributed by atoms with Gasteiger partial charge in [-0.25, -0.2) is 0 Å². The van der Waals surface area contributed by atoms with Gasteiger partial charge in [-0.1, -0.05) is 42.5 Å². The van der Waals surface area contributed by atoms with Crippen LogP contribution in [-0.2, 0) is 4.79 Å². The molecule has 0 aromatic heterocycles. The first-order valence-corrected chi connectivity index (χ1v) is 9.99. The molecule has 0 unspecified atom stereocenters. The molecule has 1 N–H and O–H groups in total. The number of ether oxygens (including phenoxy) is 2. The van der Waals surface area contributed by atoms with E-state index in [2.05, 4.69) is 5.32 Å². The van der Waals surface area contributed by atoms with Crippen LogP contribution in [0, 0.1) is 0 Å². The van der Waals surface area contributed by atoms with Gasteiger partial charge in [-0.2, -0.15) is 0 Å². The zero-order valence-electron chi connectivity index (χ0n) is 17.7. The third-order valence-electron chi connectivity index (χ3n) is 5.68. The molecule has 6 heteroatoms. The van der Waals surface area contributed by atoms with Crippen molar-refractivity contribution in [1.29, 1.82) is 0 Å². The van der Waals surface area contributed by atoms with E-state index in [0.29, 0.717) is 28.3 Å². The van der Waals surface area contributed by atoms with Gasteiger partial charge in [0.2, 0.25) is 5.91 Å². The maximum atomic E-state index is 13.6. The Morgan fingerprint density at radius 3 is 2.29 bits per heavy atom.